The third-order valence-corrected chi connectivity index (χ3v) is 5.02. The second-order valence-electron chi connectivity index (χ2n) is 6.94. The number of methoxy groups -OCH3 is 1. The first-order chi connectivity index (χ1) is 13.0. The van der Waals surface area contributed by atoms with Crippen LogP contribution in [-0.4, -0.2) is 27.4 Å². The maximum Gasteiger partial charge on any atom is 0.330 e. The van der Waals surface area contributed by atoms with Crippen molar-refractivity contribution in [3.8, 4) is 5.75 Å². The molecule has 2 heterocycles. The summed E-state index contributed by atoms with van der Waals surface area (Å²) in [5.74, 6) is 0.773. The van der Waals surface area contributed by atoms with E-state index >= 15 is 0 Å². The Morgan fingerprint density at radius 3 is 2.78 bits per heavy atom. The molecular weight excluding hydrogens is 346 g/mol. The van der Waals surface area contributed by atoms with E-state index in [0.717, 1.165) is 5.56 Å². The molecule has 0 bridgehead atoms. The Kier molecular flexibility index (Phi) is 4.14. The van der Waals surface area contributed by atoms with Gasteiger partial charge in [-0.2, -0.15) is 0 Å². The summed E-state index contributed by atoms with van der Waals surface area (Å²) in [5, 5.41) is 0.321. The van der Waals surface area contributed by atoms with Crippen LogP contribution >= 0.6 is 0 Å². The summed E-state index contributed by atoms with van der Waals surface area (Å²) in [5.41, 5.74) is 1.20. The van der Waals surface area contributed by atoms with E-state index in [-0.39, 0.29) is 23.9 Å². The van der Waals surface area contributed by atoms with Gasteiger partial charge in [0.05, 0.1) is 19.0 Å². The molecule has 138 valence electrons. The Hall–Kier alpha value is -3.22. The number of nitrogens with zero attached hydrogens (tertiary/aromatic N) is 2. The van der Waals surface area contributed by atoms with Crippen molar-refractivity contribution < 1.29 is 9.53 Å². The number of Topliss-reactive ketones (excluding diaryl/α,β-unsaturated/α-hetero) is 1. The van der Waals surface area contributed by atoms with E-state index < -0.39 is 11.2 Å². The van der Waals surface area contributed by atoms with Crippen LogP contribution < -0.4 is 16.0 Å². The molecule has 4 rings (SSSR count). The van der Waals surface area contributed by atoms with E-state index in [9.17, 15) is 14.4 Å². The van der Waals surface area contributed by atoms with E-state index in [2.05, 4.69) is 9.97 Å². The smallest absolute Gasteiger partial charge is 0.330 e. The summed E-state index contributed by atoms with van der Waals surface area (Å²) in [4.78, 5) is 44.1. The molecule has 1 aliphatic rings. The highest BCUT2D eigenvalue weighted by molar-refractivity contribution is 6.02. The Morgan fingerprint density at radius 2 is 2.00 bits per heavy atom. The number of hydrogen-bond acceptors (Lipinski definition) is 5. The molecule has 0 radical (unpaired) electrons. The quantitative estimate of drug-likeness (QED) is 0.765. The average Bonchev–Trinajstić information content (AvgIpc) is 2.64. The van der Waals surface area contributed by atoms with Gasteiger partial charge in [-0.3, -0.25) is 19.1 Å². The van der Waals surface area contributed by atoms with Gasteiger partial charge >= 0.3 is 5.69 Å². The molecule has 0 fully saturated rings. The lowest BCUT2D eigenvalue weighted by Crippen LogP contribution is -2.33. The van der Waals surface area contributed by atoms with Crippen molar-refractivity contribution in [2.24, 2.45) is 5.92 Å². The largest absolute Gasteiger partial charge is 0.496 e. The summed E-state index contributed by atoms with van der Waals surface area (Å²) >= 11 is 0. The van der Waals surface area contributed by atoms with E-state index in [0.29, 0.717) is 35.1 Å². The molecular formula is C20H19N3O4. The fourth-order valence-corrected chi connectivity index (χ4v) is 3.75. The van der Waals surface area contributed by atoms with Crippen LogP contribution in [0.4, 0.5) is 0 Å². The highest BCUT2D eigenvalue weighted by atomic mass is 16.5. The fraction of sp³-hybridized carbons (Fsp3) is 0.300. The number of benzene rings is 1. The number of para-hydroxylation sites is 1. The Morgan fingerprint density at radius 1 is 1.22 bits per heavy atom. The van der Waals surface area contributed by atoms with Crippen molar-refractivity contribution in [3.63, 3.8) is 0 Å². The number of aromatic amines is 1. The number of hydrogen-bond donors (Lipinski definition) is 1. The molecule has 0 amide bonds. The van der Waals surface area contributed by atoms with Crippen molar-refractivity contribution >= 4 is 16.8 Å². The molecule has 1 aliphatic carbocycles. The number of rotatable bonds is 3. The van der Waals surface area contributed by atoms with Crippen molar-refractivity contribution in [1.82, 2.24) is 14.5 Å². The number of pyridine rings is 1. The van der Waals surface area contributed by atoms with Gasteiger partial charge in [-0.25, -0.2) is 9.78 Å². The van der Waals surface area contributed by atoms with Gasteiger partial charge in [-0.1, -0.05) is 25.1 Å². The molecule has 0 saturated carbocycles. The molecule has 7 heteroatoms. The van der Waals surface area contributed by atoms with Gasteiger partial charge in [0.1, 0.15) is 11.4 Å². The summed E-state index contributed by atoms with van der Waals surface area (Å²) in [6, 6.07) is 7.36. The molecule has 1 aromatic carbocycles. The minimum atomic E-state index is -0.541. The molecule has 3 aromatic rings. The van der Waals surface area contributed by atoms with E-state index in [1.807, 2.05) is 31.2 Å². The lowest BCUT2D eigenvalue weighted by atomic mass is 9.84. The van der Waals surface area contributed by atoms with Gasteiger partial charge in [0.2, 0.25) is 0 Å². The Labute approximate surface area is 154 Å². The number of ketones is 1. The van der Waals surface area contributed by atoms with E-state index in [1.165, 1.54) is 10.8 Å². The molecule has 7 nitrogen and oxygen atoms in total. The van der Waals surface area contributed by atoms with Crippen molar-refractivity contribution in [1.29, 1.82) is 0 Å². The lowest BCUT2D eigenvalue weighted by molar-refractivity contribution is 0.0953. The minimum absolute atomic E-state index is 0.0139. The molecule has 2 aromatic heterocycles. The predicted molar refractivity (Wildman–Crippen MR) is 101 cm³/mol. The fourth-order valence-electron chi connectivity index (χ4n) is 3.75. The molecule has 1 unspecified atom stereocenters. The van der Waals surface area contributed by atoms with Crippen LogP contribution in [0.3, 0.4) is 0 Å². The zero-order valence-corrected chi connectivity index (χ0v) is 15.1. The highest BCUT2D eigenvalue weighted by Crippen LogP contribution is 2.28. The van der Waals surface area contributed by atoms with Crippen LogP contribution in [-0.2, 0) is 13.0 Å². The topological polar surface area (TPSA) is 94.1 Å². The number of H-pyrrole nitrogens is 1. The lowest BCUT2D eigenvalue weighted by Gasteiger charge is -2.22. The summed E-state index contributed by atoms with van der Waals surface area (Å²) in [6.07, 6.45) is 2.54. The Balaban J connectivity index is 1.97. The Bertz CT molecular complexity index is 1180. The second kappa shape index (κ2) is 6.50. The van der Waals surface area contributed by atoms with Gasteiger partial charge in [0.25, 0.3) is 5.56 Å². The summed E-state index contributed by atoms with van der Waals surface area (Å²) < 4.78 is 6.77. The van der Waals surface area contributed by atoms with Crippen molar-refractivity contribution in [3.05, 3.63) is 68.0 Å². The zero-order valence-electron chi connectivity index (χ0n) is 15.1. The van der Waals surface area contributed by atoms with Crippen LogP contribution in [0.5, 0.6) is 5.75 Å². The van der Waals surface area contributed by atoms with Crippen LogP contribution in [0.2, 0.25) is 0 Å². The third-order valence-electron chi connectivity index (χ3n) is 5.02. The molecule has 27 heavy (non-hydrogen) atoms. The van der Waals surface area contributed by atoms with Crippen molar-refractivity contribution in [2.45, 2.75) is 26.3 Å². The normalized spacial score (nSPS) is 16.4. The monoisotopic (exact) mass is 365 g/mol. The van der Waals surface area contributed by atoms with Crippen molar-refractivity contribution in [2.75, 3.05) is 7.11 Å². The maximum absolute atomic E-state index is 12.6. The van der Waals surface area contributed by atoms with Gasteiger partial charge in [-0.15, -0.1) is 0 Å². The van der Waals surface area contributed by atoms with Gasteiger partial charge in [-0.05, 0) is 24.0 Å². The van der Waals surface area contributed by atoms with Crippen LogP contribution in [0.25, 0.3) is 11.0 Å². The minimum Gasteiger partial charge on any atom is -0.496 e. The van der Waals surface area contributed by atoms with Gasteiger partial charge < -0.3 is 4.74 Å². The number of carbonyl (C=O) groups is 1. The highest BCUT2D eigenvalue weighted by Gasteiger charge is 2.27. The molecule has 0 aliphatic heterocycles. The number of carbonyl (C=O) groups excluding carboxylic acids is 1. The second-order valence-corrected chi connectivity index (χ2v) is 6.94. The zero-order chi connectivity index (χ0) is 19.1. The maximum atomic E-state index is 12.6. The van der Waals surface area contributed by atoms with Gasteiger partial charge in [0, 0.05) is 23.7 Å². The average molecular weight is 365 g/mol. The summed E-state index contributed by atoms with van der Waals surface area (Å²) in [7, 11) is 1.56. The van der Waals surface area contributed by atoms with E-state index in [4.69, 9.17) is 4.74 Å². The standard InChI is InChI=1S/C20H19N3O4/c1-11-7-13-14(15(24)8-11)9-21-18-17(13)19(25)22-20(26)23(18)10-12-5-3-4-6-16(12)27-2/h3-6,9,11H,7-8,10H2,1-2H3,(H,22,25,26). The number of nitrogens with one attached hydrogen (secondary N) is 1. The predicted octanol–water partition coefficient (Wildman–Crippen LogP) is 1.91. The first-order valence-corrected chi connectivity index (χ1v) is 8.79. The van der Waals surface area contributed by atoms with E-state index in [1.54, 1.807) is 7.11 Å². The third kappa shape index (κ3) is 2.85. The molecule has 0 spiro atoms. The first-order valence-electron chi connectivity index (χ1n) is 8.79. The number of ether oxygens (including phenoxy) is 1. The molecule has 1 atom stereocenters. The van der Waals surface area contributed by atoms with Gasteiger partial charge in [0.15, 0.2) is 5.78 Å². The molecule has 0 saturated heterocycles. The number of aromatic nitrogens is 3. The molecule has 1 N–H and O–H groups in total. The number of fused-ring (bicyclic) bond motifs is 3. The summed E-state index contributed by atoms with van der Waals surface area (Å²) in [6.45, 7) is 2.18. The van der Waals surface area contributed by atoms with Crippen LogP contribution in [0, 0.1) is 5.92 Å². The van der Waals surface area contributed by atoms with Crippen LogP contribution in [0.1, 0.15) is 34.8 Å². The SMILES string of the molecule is COc1ccccc1Cn1c(=O)[nH]c(=O)c2c3c(cnc21)C(=O)CC(C)C3. The first kappa shape index (κ1) is 17.2. The van der Waals surface area contributed by atoms with Crippen LogP contribution in [0.15, 0.2) is 40.1 Å².